The van der Waals surface area contributed by atoms with Crippen molar-refractivity contribution in [3.63, 3.8) is 0 Å². The lowest BCUT2D eigenvalue weighted by molar-refractivity contribution is -0.144. The molecule has 0 atom stereocenters. The zero-order chi connectivity index (χ0) is 15.9. The minimum atomic E-state index is -1.20. The molecule has 0 aliphatic carbocycles. The smallest absolute Gasteiger partial charge is 0.329 e. The summed E-state index contributed by atoms with van der Waals surface area (Å²) in [6.07, 6.45) is 1.42. The summed E-state index contributed by atoms with van der Waals surface area (Å²) in [4.78, 5) is 24.0. The largest absolute Gasteiger partial charge is 0.480 e. The predicted molar refractivity (Wildman–Crippen MR) is 82.5 cm³/mol. The maximum Gasteiger partial charge on any atom is 0.329 e. The number of aliphatic carboxylic acids is 1. The van der Waals surface area contributed by atoms with Crippen LogP contribution in [-0.4, -0.2) is 36.1 Å². The molecule has 0 spiro atoms. The van der Waals surface area contributed by atoms with Crippen LogP contribution in [0.2, 0.25) is 0 Å². The molecular formula is C16H24N2O3. The van der Waals surface area contributed by atoms with Crippen LogP contribution in [0.1, 0.15) is 42.6 Å². The zero-order valence-electron chi connectivity index (χ0n) is 12.9. The van der Waals surface area contributed by atoms with E-state index in [0.29, 0.717) is 18.4 Å². The molecule has 1 amide bonds. The highest BCUT2D eigenvalue weighted by molar-refractivity contribution is 5.99. The molecule has 21 heavy (non-hydrogen) atoms. The second kappa shape index (κ2) is 7.78. The van der Waals surface area contributed by atoms with Crippen molar-refractivity contribution in [1.82, 2.24) is 10.6 Å². The molecule has 1 aromatic rings. The molecule has 0 aliphatic heterocycles. The number of carbonyl (C=O) groups excluding carboxylic acids is 1. The van der Waals surface area contributed by atoms with E-state index in [4.69, 9.17) is 0 Å². The van der Waals surface area contributed by atoms with Gasteiger partial charge in [-0.25, -0.2) is 4.79 Å². The van der Waals surface area contributed by atoms with E-state index < -0.39 is 11.5 Å². The molecule has 0 radical (unpaired) electrons. The number of hydrogen-bond acceptors (Lipinski definition) is 3. The number of hydrogen-bond donors (Lipinski definition) is 3. The van der Waals surface area contributed by atoms with Crippen molar-refractivity contribution in [2.75, 3.05) is 13.6 Å². The highest BCUT2D eigenvalue weighted by Gasteiger charge is 2.36. The quantitative estimate of drug-likeness (QED) is 0.683. The maximum absolute atomic E-state index is 12.5. The van der Waals surface area contributed by atoms with E-state index in [-0.39, 0.29) is 5.91 Å². The van der Waals surface area contributed by atoms with Gasteiger partial charge >= 0.3 is 5.97 Å². The molecule has 1 aromatic carbocycles. The van der Waals surface area contributed by atoms with Gasteiger partial charge in [0.1, 0.15) is 5.54 Å². The number of likely N-dealkylation sites (N-methyl/N-ethyl adjacent to an activating group) is 1. The van der Waals surface area contributed by atoms with Crippen molar-refractivity contribution < 1.29 is 14.7 Å². The van der Waals surface area contributed by atoms with Crippen LogP contribution in [0.4, 0.5) is 0 Å². The van der Waals surface area contributed by atoms with Crippen molar-refractivity contribution in [2.24, 2.45) is 0 Å². The van der Waals surface area contributed by atoms with Crippen LogP contribution < -0.4 is 10.6 Å². The molecule has 0 aliphatic rings. The standard InChI is InChI=1S/C16H24N2O3/c1-4-16(5-2,15(20)21)18-14(19)13-9-7-6-8-12(13)10-11-17-3/h6-9,17H,4-5,10-11H2,1-3H3,(H,18,19)(H,20,21). The van der Waals surface area contributed by atoms with Crippen molar-refractivity contribution in [3.05, 3.63) is 35.4 Å². The summed E-state index contributed by atoms with van der Waals surface area (Å²) in [5.41, 5.74) is 0.254. The fourth-order valence-electron chi connectivity index (χ4n) is 2.29. The van der Waals surface area contributed by atoms with Crippen molar-refractivity contribution in [3.8, 4) is 0 Å². The number of benzene rings is 1. The van der Waals surface area contributed by atoms with Gasteiger partial charge in [0.2, 0.25) is 0 Å². The lowest BCUT2D eigenvalue weighted by Crippen LogP contribution is -2.53. The van der Waals surface area contributed by atoms with Gasteiger partial charge in [0.05, 0.1) is 0 Å². The Labute approximate surface area is 125 Å². The average Bonchev–Trinajstić information content (AvgIpc) is 2.50. The molecule has 0 aromatic heterocycles. The van der Waals surface area contributed by atoms with Crippen LogP contribution in [0.5, 0.6) is 0 Å². The van der Waals surface area contributed by atoms with Gasteiger partial charge in [0.15, 0.2) is 0 Å². The van der Waals surface area contributed by atoms with Crippen LogP contribution in [-0.2, 0) is 11.2 Å². The van der Waals surface area contributed by atoms with E-state index in [1.165, 1.54) is 0 Å². The van der Waals surface area contributed by atoms with E-state index in [1.54, 1.807) is 26.0 Å². The highest BCUT2D eigenvalue weighted by atomic mass is 16.4. The third-order valence-corrected chi connectivity index (χ3v) is 3.88. The normalized spacial score (nSPS) is 11.2. The molecule has 0 saturated heterocycles. The van der Waals surface area contributed by atoms with Crippen LogP contribution in [0, 0.1) is 0 Å². The van der Waals surface area contributed by atoms with Gasteiger partial charge in [-0.05, 0) is 44.5 Å². The monoisotopic (exact) mass is 292 g/mol. The number of carbonyl (C=O) groups is 2. The summed E-state index contributed by atoms with van der Waals surface area (Å²) >= 11 is 0. The summed E-state index contributed by atoms with van der Waals surface area (Å²) in [6.45, 7) is 4.30. The minimum absolute atomic E-state index is 0.326. The topological polar surface area (TPSA) is 78.4 Å². The molecule has 116 valence electrons. The third-order valence-electron chi connectivity index (χ3n) is 3.88. The van der Waals surface area contributed by atoms with E-state index in [1.807, 2.05) is 19.2 Å². The number of carboxylic acid groups (broad SMARTS) is 1. The van der Waals surface area contributed by atoms with Gasteiger partial charge in [0.25, 0.3) is 5.91 Å². The average molecular weight is 292 g/mol. The number of rotatable bonds is 8. The molecule has 0 unspecified atom stereocenters. The van der Waals surface area contributed by atoms with Crippen molar-refractivity contribution >= 4 is 11.9 Å². The molecule has 5 heteroatoms. The Morgan fingerprint density at radius 1 is 1.19 bits per heavy atom. The highest BCUT2D eigenvalue weighted by Crippen LogP contribution is 2.18. The first-order chi connectivity index (χ1) is 10.0. The first-order valence-corrected chi connectivity index (χ1v) is 7.29. The Morgan fingerprint density at radius 3 is 2.33 bits per heavy atom. The third kappa shape index (κ3) is 4.04. The number of nitrogens with one attached hydrogen (secondary N) is 2. The van der Waals surface area contributed by atoms with Crippen LogP contribution in [0.25, 0.3) is 0 Å². The minimum Gasteiger partial charge on any atom is -0.480 e. The summed E-state index contributed by atoms with van der Waals surface area (Å²) in [5, 5.41) is 15.2. The summed E-state index contributed by atoms with van der Waals surface area (Å²) in [5.74, 6) is -1.32. The van der Waals surface area contributed by atoms with Gasteiger partial charge in [-0.1, -0.05) is 32.0 Å². The molecule has 0 bridgehead atoms. The maximum atomic E-state index is 12.5. The van der Waals surface area contributed by atoms with Gasteiger partial charge in [-0.3, -0.25) is 4.79 Å². The first kappa shape index (κ1) is 17.2. The summed E-state index contributed by atoms with van der Waals surface area (Å²) in [7, 11) is 1.85. The molecular weight excluding hydrogens is 268 g/mol. The van der Waals surface area contributed by atoms with Gasteiger partial charge in [-0.2, -0.15) is 0 Å². The van der Waals surface area contributed by atoms with Crippen LogP contribution in [0.3, 0.4) is 0 Å². The lowest BCUT2D eigenvalue weighted by Gasteiger charge is -2.28. The van der Waals surface area contributed by atoms with Crippen molar-refractivity contribution in [2.45, 2.75) is 38.6 Å². The second-order valence-electron chi connectivity index (χ2n) is 5.06. The Balaban J connectivity index is 3.00. The Bertz CT molecular complexity index is 496. The van der Waals surface area contributed by atoms with E-state index in [0.717, 1.165) is 18.5 Å². The van der Waals surface area contributed by atoms with Gasteiger partial charge in [-0.15, -0.1) is 0 Å². The van der Waals surface area contributed by atoms with E-state index >= 15 is 0 Å². The SMILES string of the molecule is CCC(CC)(NC(=O)c1ccccc1CCNC)C(=O)O. The van der Waals surface area contributed by atoms with E-state index in [9.17, 15) is 14.7 Å². The fourth-order valence-corrected chi connectivity index (χ4v) is 2.29. The lowest BCUT2D eigenvalue weighted by atomic mass is 9.92. The molecule has 1 rings (SSSR count). The number of carboxylic acids is 1. The van der Waals surface area contributed by atoms with Gasteiger partial charge in [0, 0.05) is 5.56 Å². The zero-order valence-corrected chi connectivity index (χ0v) is 12.9. The molecule has 0 heterocycles. The fraction of sp³-hybridized carbons (Fsp3) is 0.500. The Kier molecular flexibility index (Phi) is 6.37. The molecule has 0 saturated carbocycles. The summed E-state index contributed by atoms with van der Waals surface area (Å²) < 4.78 is 0. The van der Waals surface area contributed by atoms with Crippen LogP contribution in [0.15, 0.2) is 24.3 Å². The first-order valence-electron chi connectivity index (χ1n) is 7.29. The van der Waals surface area contributed by atoms with Crippen molar-refractivity contribution in [1.29, 1.82) is 0 Å². The second-order valence-corrected chi connectivity index (χ2v) is 5.06. The summed E-state index contributed by atoms with van der Waals surface area (Å²) in [6, 6.07) is 7.30. The van der Waals surface area contributed by atoms with E-state index in [2.05, 4.69) is 10.6 Å². The molecule has 3 N–H and O–H groups in total. The molecule has 5 nitrogen and oxygen atoms in total. The van der Waals surface area contributed by atoms with Crippen LogP contribution >= 0.6 is 0 Å². The molecule has 0 fully saturated rings. The predicted octanol–water partition coefficient (Wildman–Crippen LogP) is 1.82. The van der Waals surface area contributed by atoms with Gasteiger partial charge < -0.3 is 15.7 Å². The Hall–Kier alpha value is -1.88. The number of amides is 1. The Morgan fingerprint density at radius 2 is 1.81 bits per heavy atom.